The highest BCUT2D eigenvalue weighted by Crippen LogP contribution is 2.33. The van der Waals surface area contributed by atoms with Crippen molar-refractivity contribution in [1.82, 2.24) is 9.97 Å². The number of methoxy groups -OCH3 is 1. The number of aromatic nitrogens is 2. The summed E-state index contributed by atoms with van der Waals surface area (Å²) in [4.78, 5) is 10.7. The van der Waals surface area contributed by atoms with E-state index in [1.165, 1.54) is 12.8 Å². The maximum Gasteiger partial charge on any atom is 0.148 e. The van der Waals surface area contributed by atoms with Crippen LogP contribution in [0.25, 0.3) is 0 Å². The summed E-state index contributed by atoms with van der Waals surface area (Å²) in [6.45, 7) is 3.53. The Kier molecular flexibility index (Phi) is 3.75. The van der Waals surface area contributed by atoms with Crippen LogP contribution in [0.5, 0.6) is 0 Å². The van der Waals surface area contributed by atoms with E-state index in [9.17, 15) is 0 Å². The zero-order chi connectivity index (χ0) is 12.3. The molecule has 0 aromatic carbocycles. The Hall–Kier alpha value is -1.40. The lowest BCUT2D eigenvalue weighted by atomic mass is 10.3. The van der Waals surface area contributed by atoms with Gasteiger partial charge in [0.2, 0.25) is 0 Å². The first-order valence-corrected chi connectivity index (χ1v) is 5.81. The van der Waals surface area contributed by atoms with E-state index in [0.29, 0.717) is 18.5 Å². The van der Waals surface area contributed by atoms with Gasteiger partial charge in [0.05, 0.1) is 6.61 Å². The average Bonchev–Trinajstić information content (AvgIpc) is 3.16. The third-order valence-corrected chi connectivity index (χ3v) is 2.99. The molecule has 1 saturated carbocycles. The molecule has 17 heavy (non-hydrogen) atoms. The quantitative estimate of drug-likeness (QED) is 0.560. The summed E-state index contributed by atoms with van der Waals surface area (Å²) in [6, 6.07) is 0.587. The fourth-order valence-electron chi connectivity index (χ4n) is 1.91. The van der Waals surface area contributed by atoms with Gasteiger partial charge in [-0.2, -0.15) is 0 Å². The van der Waals surface area contributed by atoms with Gasteiger partial charge < -0.3 is 15.1 Å². The van der Waals surface area contributed by atoms with E-state index < -0.39 is 0 Å². The number of hydrogen-bond donors (Lipinski definition) is 2. The number of nitrogens with two attached hydrogens (primary N) is 1. The highest BCUT2D eigenvalue weighted by molar-refractivity contribution is 5.58. The van der Waals surface area contributed by atoms with E-state index in [4.69, 9.17) is 10.6 Å². The Morgan fingerprint density at radius 3 is 2.88 bits per heavy atom. The van der Waals surface area contributed by atoms with Gasteiger partial charge in [0, 0.05) is 25.3 Å². The average molecular weight is 237 g/mol. The molecule has 1 aliphatic carbocycles. The van der Waals surface area contributed by atoms with Crippen molar-refractivity contribution >= 4 is 11.6 Å². The van der Waals surface area contributed by atoms with Crippen molar-refractivity contribution in [2.24, 2.45) is 5.84 Å². The molecule has 1 aromatic heterocycles. The topological polar surface area (TPSA) is 76.3 Å². The molecule has 1 aliphatic rings. The van der Waals surface area contributed by atoms with Gasteiger partial charge in [-0.15, -0.1) is 0 Å². The van der Waals surface area contributed by atoms with Crippen molar-refractivity contribution in [3.8, 4) is 0 Å². The van der Waals surface area contributed by atoms with Gasteiger partial charge in [0.25, 0.3) is 0 Å². The maximum absolute atomic E-state index is 5.43. The summed E-state index contributed by atoms with van der Waals surface area (Å²) >= 11 is 0. The SMILES string of the molecule is COCCN(c1ncnc(NN)c1C)C1CC1. The summed E-state index contributed by atoms with van der Waals surface area (Å²) in [5, 5.41) is 0. The molecule has 1 heterocycles. The summed E-state index contributed by atoms with van der Waals surface area (Å²) in [5.41, 5.74) is 3.58. The number of anilines is 2. The molecule has 0 spiro atoms. The number of nitrogen functional groups attached to an aromatic ring is 1. The van der Waals surface area contributed by atoms with Crippen molar-refractivity contribution in [2.45, 2.75) is 25.8 Å². The normalized spacial score (nSPS) is 14.8. The van der Waals surface area contributed by atoms with E-state index in [1.807, 2.05) is 6.92 Å². The first-order valence-electron chi connectivity index (χ1n) is 5.81. The number of nitrogens with one attached hydrogen (secondary N) is 1. The van der Waals surface area contributed by atoms with Crippen LogP contribution in [0.2, 0.25) is 0 Å². The van der Waals surface area contributed by atoms with E-state index in [1.54, 1.807) is 13.4 Å². The van der Waals surface area contributed by atoms with Crippen LogP contribution in [0.3, 0.4) is 0 Å². The molecule has 6 nitrogen and oxygen atoms in total. The molecule has 0 amide bonds. The second-order valence-electron chi connectivity index (χ2n) is 4.23. The smallest absolute Gasteiger partial charge is 0.148 e. The molecule has 0 saturated heterocycles. The Balaban J connectivity index is 2.22. The van der Waals surface area contributed by atoms with Gasteiger partial charge >= 0.3 is 0 Å². The van der Waals surface area contributed by atoms with Crippen molar-refractivity contribution in [3.05, 3.63) is 11.9 Å². The summed E-state index contributed by atoms with van der Waals surface area (Å²) in [6.07, 6.45) is 3.98. The summed E-state index contributed by atoms with van der Waals surface area (Å²) < 4.78 is 5.14. The van der Waals surface area contributed by atoms with Gasteiger partial charge in [-0.25, -0.2) is 15.8 Å². The second kappa shape index (κ2) is 5.29. The minimum atomic E-state index is 0.587. The molecular formula is C11H19N5O. The number of ether oxygens (including phenoxy) is 1. The number of hydrazine groups is 1. The maximum atomic E-state index is 5.43. The zero-order valence-corrected chi connectivity index (χ0v) is 10.3. The third-order valence-electron chi connectivity index (χ3n) is 2.99. The molecule has 94 valence electrons. The standard InChI is InChI=1S/C11H19N5O/c1-8-10(15-12)13-7-14-11(8)16(5-6-17-2)9-3-4-9/h7,9H,3-6,12H2,1-2H3,(H,13,14,15). The largest absolute Gasteiger partial charge is 0.383 e. The van der Waals surface area contributed by atoms with Gasteiger partial charge in [0.15, 0.2) is 0 Å². The molecule has 1 fully saturated rings. The molecule has 0 unspecified atom stereocenters. The molecule has 0 bridgehead atoms. The van der Waals surface area contributed by atoms with Crippen LogP contribution in [-0.4, -0.2) is 36.3 Å². The van der Waals surface area contributed by atoms with E-state index >= 15 is 0 Å². The fraction of sp³-hybridized carbons (Fsp3) is 0.636. The molecule has 0 radical (unpaired) electrons. The first-order chi connectivity index (χ1) is 8.27. The number of nitrogens with zero attached hydrogens (tertiary/aromatic N) is 3. The van der Waals surface area contributed by atoms with E-state index in [0.717, 1.165) is 17.9 Å². The third kappa shape index (κ3) is 2.65. The summed E-state index contributed by atoms with van der Waals surface area (Å²) in [7, 11) is 1.71. The predicted octanol–water partition coefficient (Wildman–Crippen LogP) is 0.686. The fourth-order valence-corrected chi connectivity index (χ4v) is 1.91. The predicted molar refractivity (Wildman–Crippen MR) is 66.8 cm³/mol. The molecule has 2 rings (SSSR count). The van der Waals surface area contributed by atoms with Crippen LogP contribution in [0.4, 0.5) is 11.6 Å². The van der Waals surface area contributed by atoms with Crippen LogP contribution in [0, 0.1) is 6.92 Å². The lowest BCUT2D eigenvalue weighted by molar-refractivity contribution is 0.204. The number of hydrogen-bond acceptors (Lipinski definition) is 6. The Morgan fingerprint density at radius 1 is 1.53 bits per heavy atom. The van der Waals surface area contributed by atoms with Crippen molar-refractivity contribution in [3.63, 3.8) is 0 Å². The Bertz CT molecular complexity index is 380. The Labute approximate surface area is 101 Å². The molecule has 3 N–H and O–H groups in total. The van der Waals surface area contributed by atoms with Crippen LogP contribution < -0.4 is 16.2 Å². The van der Waals surface area contributed by atoms with Gasteiger partial charge in [0.1, 0.15) is 18.0 Å². The van der Waals surface area contributed by atoms with Crippen molar-refractivity contribution in [2.75, 3.05) is 30.6 Å². The molecule has 1 aromatic rings. The molecule has 0 aliphatic heterocycles. The minimum absolute atomic E-state index is 0.587. The van der Waals surface area contributed by atoms with Crippen LogP contribution >= 0.6 is 0 Å². The minimum Gasteiger partial charge on any atom is -0.383 e. The van der Waals surface area contributed by atoms with E-state index in [2.05, 4.69) is 20.3 Å². The molecular weight excluding hydrogens is 218 g/mol. The molecule has 0 atom stereocenters. The monoisotopic (exact) mass is 237 g/mol. The lowest BCUT2D eigenvalue weighted by Crippen LogP contribution is -2.31. The van der Waals surface area contributed by atoms with Crippen molar-refractivity contribution in [1.29, 1.82) is 0 Å². The zero-order valence-electron chi connectivity index (χ0n) is 10.3. The first kappa shape index (κ1) is 12.1. The Morgan fingerprint density at radius 2 is 2.29 bits per heavy atom. The number of rotatable bonds is 6. The highest BCUT2D eigenvalue weighted by atomic mass is 16.5. The van der Waals surface area contributed by atoms with Gasteiger partial charge in [-0.3, -0.25) is 0 Å². The second-order valence-corrected chi connectivity index (χ2v) is 4.23. The van der Waals surface area contributed by atoms with Gasteiger partial charge in [-0.05, 0) is 19.8 Å². The van der Waals surface area contributed by atoms with E-state index in [-0.39, 0.29) is 0 Å². The molecule has 6 heteroatoms. The van der Waals surface area contributed by atoms with Crippen LogP contribution in [0.15, 0.2) is 6.33 Å². The lowest BCUT2D eigenvalue weighted by Gasteiger charge is -2.25. The highest BCUT2D eigenvalue weighted by Gasteiger charge is 2.31. The van der Waals surface area contributed by atoms with Crippen LogP contribution in [-0.2, 0) is 4.74 Å². The van der Waals surface area contributed by atoms with Gasteiger partial charge in [-0.1, -0.05) is 0 Å². The summed E-state index contributed by atoms with van der Waals surface area (Å²) in [5.74, 6) is 7.06. The van der Waals surface area contributed by atoms with Crippen LogP contribution in [0.1, 0.15) is 18.4 Å². The van der Waals surface area contributed by atoms with Crippen molar-refractivity contribution < 1.29 is 4.74 Å².